The second-order valence-corrected chi connectivity index (χ2v) is 7.58. The monoisotopic (exact) mass is 417 g/mol. The lowest BCUT2D eigenvalue weighted by molar-refractivity contribution is -0.354. The minimum atomic E-state index is -0.347. The average Bonchev–Trinajstić information content (AvgIpc) is 3.31. The molecule has 0 aliphatic rings. The second kappa shape index (κ2) is 7.98. The Bertz CT molecular complexity index is 1340. The van der Waals surface area contributed by atoms with Crippen molar-refractivity contribution in [2.45, 2.75) is 26.9 Å². The van der Waals surface area contributed by atoms with Crippen molar-refractivity contribution < 1.29 is 14.5 Å². The van der Waals surface area contributed by atoms with Crippen LogP contribution in [0.5, 0.6) is 5.75 Å². The zero-order valence-corrected chi connectivity index (χ0v) is 17.6. The molecular weight excluding hydrogens is 392 g/mol. The van der Waals surface area contributed by atoms with Gasteiger partial charge >= 0.3 is 0 Å². The van der Waals surface area contributed by atoms with Crippen molar-refractivity contribution in [3.05, 3.63) is 65.8 Å². The third kappa shape index (κ3) is 4.00. The molecule has 0 radical (unpaired) electrons. The summed E-state index contributed by atoms with van der Waals surface area (Å²) in [6.45, 7) is 5.84. The van der Waals surface area contributed by atoms with Gasteiger partial charge in [-0.2, -0.15) is 0 Å². The van der Waals surface area contributed by atoms with Crippen LogP contribution >= 0.6 is 0 Å². The first-order chi connectivity index (χ1) is 14.9. The van der Waals surface area contributed by atoms with Crippen molar-refractivity contribution in [2.75, 3.05) is 0 Å². The lowest BCUT2D eigenvalue weighted by Crippen LogP contribution is -2.22. The Hall–Kier alpha value is -4.07. The first-order valence-electron chi connectivity index (χ1n) is 9.97. The molecule has 7 N–H and O–H groups in total. The lowest BCUT2D eigenvalue weighted by Gasteiger charge is -2.10. The molecule has 2 aromatic carbocycles. The van der Waals surface area contributed by atoms with E-state index in [4.69, 9.17) is 16.2 Å². The van der Waals surface area contributed by atoms with Gasteiger partial charge in [-0.15, -0.1) is 0 Å². The van der Waals surface area contributed by atoms with Crippen LogP contribution in [-0.2, 0) is 0 Å². The number of carbonyl (C=O) groups is 1. The van der Waals surface area contributed by atoms with Crippen LogP contribution in [0.4, 0.5) is 5.69 Å². The minimum absolute atomic E-state index is 0.0142. The smallest absolute Gasteiger partial charge is 0.249 e. The minimum Gasteiger partial charge on any atom is -0.490 e. The zero-order chi connectivity index (χ0) is 22.1. The van der Waals surface area contributed by atoms with Gasteiger partial charge in [-0.1, -0.05) is 6.07 Å². The first kappa shape index (κ1) is 20.2. The summed E-state index contributed by atoms with van der Waals surface area (Å²) in [4.78, 5) is 27.1. The van der Waals surface area contributed by atoms with Crippen molar-refractivity contribution in [1.29, 1.82) is 0 Å². The van der Waals surface area contributed by atoms with Crippen LogP contribution in [0.15, 0.2) is 59.2 Å². The zero-order valence-electron chi connectivity index (χ0n) is 17.6. The van der Waals surface area contributed by atoms with Crippen LogP contribution in [-0.4, -0.2) is 27.7 Å². The van der Waals surface area contributed by atoms with E-state index in [-0.39, 0.29) is 23.3 Å². The molecule has 4 rings (SSSR count). The van der Waals surface area contributed by atoms with Crippen molar-refractivity contribution >= 4 is 39.2 Å². The number of amidine groups is 1. The SMILES string of the molecule is Cc1[nH]c2cc(N=C(N)C(=CN)C(=O)c3cc4c(OC(C)C)cccc4[nH]3)ccc2[nH+]1. The number of imidazole rings is 1. The van der Waals surface area contributed by atoms with Gasteiger partial charge in [0.25, 0.3) is 0 Å². The third-order valence-electron chi connectivity index (χ3n) is 4.82. The Morgan fingerprint density at radius 1 is 1.16 bits per heavy atom. The molecule has 158 valence electrons. The molecule has 2 aromatic heterocycles. The van der Waals surface area contributed by atoms with Gasteiger partial charge in [-0.25, -0.2) is 15.0 Å². The lowest BCUT2D eigenvalue weighted by atomic mass is 10.1. The van der Waals surface area contributed by atoms with Crippen LogP contribution in [0.3, 0.4) is 0 Å². The highest BCUT2D eigenvalue weighted by molar-refractivity contribution is 6.27. The van der Waals surface area contributed by atoms with E-state index in [0.717, 1.165) is 27.8 Å². The van der Waals surface area contributed by atoms with E-state index in [9.17, 15) is 4.79 Å². The van der Waals surface area contributed by atoms with Gasteiger partial charge < -0.3 is 21.2 Å². The molecular formula is C23H25N6O2+. The summed E-state index contributed by atoms with van der Waals surface area (Å²) in [6, 6.07) is 12.9. The summed E-state index contributed by atoms with van der Waals surface area (Å²) >= 11 is 0. The molecule has 0 atom stereocenters. The number of H-pyrrole nitrogens is 3. The highest BCUT2D eigenvalue weighted by Crippen LogP contribution is 2.28. The molecule has 0 spiro atoms. The van der Waals surface area contributed by atoms with Gasteiger partial charge in [0.1, 0.15) is 11.6 Å². The van der Waals surface area contributed by atoms with Crippen molar-refractivity contribution in [1.82, 2.24) is 9.97 Å². The predicted octanol–water partition coefficient (Wildman–Crippen LogP) is 3.27. The normalized spacial score (nSPS) is 12.8. The Morgan fingerprint density at radius 2 is 1.97 bits per heavy atom. The number of nitrogens with two attached hydrogens (primary N) is 2. The number of aromatic nitrogens is 3. The van der Waals surface area contributed by atoms with Crippen LogP contribution in [0, 0.1) is 6.92 Å². The van der Waals surface area contributed by atoms with Gasteiger partial charge in [0.15, 0.2) is 11.0 Å². The van der Waals surface area contributed by atoms with E-state index in [0.29, 0.717) is 17.1 Å². The van der Waals surface area contributed by atoms with Crippen LogP contribution in [0.2, 0.25) is 0 Å². The number of aryl methyl sites for hydroxylation is 1. The van der Waals surface area contributed by atoms with Crippen molar-refractivity contribution in [3.63, 3.8) is 0 Å². The standard InChI is InChI=1S/C23H24N6O2/c1-12(2)31-21-6-4-5-17-15(21)10-20(29-17)22(30)16(11-24)23(25)28-14-7-8-18-19(9-14)27-13(3)26-18/h4-12,29H,24H2,1-3H3,(H2,25,28)(H,26,27)/p+1. The molecule has 4 aromatic rings. The number of nitrogens with zero attached hydrogens (tertiary/aromatic N) is 1. The molecule has 0 bridgehead atoms. The summed E-state index contributed by atoms with van der Waals surface area (Å²) in [6.07, 6.45) is 1.20. The Labute approximate surface area is 179 Å². The second-order valence-electron chi connectivity index (χ2n) is 7.58. The van der Waals surface area contributed by atoms with Gasteiger partial charge in [-0.3, -0.25) is 4.79 Å². The number of hydrogen-bond donors (Lipinski definition) is 4. The highest BCUT2D eigenvalue weighted by Gasteiger charge is 2.19. The molecule has 31 heavy (non-hydrogen) atoms. The summed E-state index contributed by atoms with van der Waals surface area (Å²) in [7, 11) is 0. The number of aromatic amines is 3. The van der Waals surface area contributed by atoms with E-state index in [1.807, 2.05) is 57.2 Å². The maximum absolute atomic E-state index is 13.1. The summed E-state index contributed by atoms with van der Waals surface area (Å²) in [5.74, 6) is 1.33. The summed E-state index contributed by atoms with van der Waals surface area (Å²) in [5, 5.41) is 0.815. The number of Topliss-reactive ketones (excluding diaryl/α,β-unsaturated/α-hetero) is 1. The molecule has 0 amide bonds. The predicted molar refractivity (Wildman–Crippen MR) is 122 cm³/mol. The van der Waals surface area contributed by atoms with E-state index >= 15 is 0 Å². The number of nitrogens with one attached hydrogen (secondary N) is 3. The number of ketones is 1. The topological polar surface area (TPSA) is 136 Å². The van der Waals surface area contributed by atoms with Crippen molar-refractivity contribution in [2.24, 2.45) is 16.5 Å². The molecule has 0 saturated carbocycles. The maximum Gasteiger partial charge on any atom is 0.249 e. The Morgan fingerprint density at radius 3 is 2.71 bits per heavy atom. The average molecular weight is 417 g/mol. The molecule has 2 heterocycles. The van der Waals surface area contributed by atoms with Crippen LogP contribution < -0.4 is 21.2 Å². The number of ether oxygens (including phenoxy) is 1. The number of rotatable bonds is 6. The molecule has 0 unspecified atom stereocenters. The number of carbonyl (C=O) groups excluding carboxylic acids is 1. The maximum atomic E-state index is 13.1. The van der Waals surface area contributed by atoms with Crippen LogP contribution in [0.25, 0.3) is 21.9 Å². The molecule has 0 fully saturated rings. The molecule has 0 aliphatic heterocycles. The molecule has 8 nitrogen and oxygen atoms in total. The fraction of sp³-hybridized carbons (Fsp3) is 0.174. The number of fused-ring (bicyclic) bond motifs is 2. The van der Waals surface area contributed by atoms with E-state index in [1.165, 1.54) is 6.20 Å². The summed E-state index contributed by atoms with van der Waals surface area (Å²) < 4.78 is 5.85. The Kier molecular flexibility index (Phi) is 5.21. The largest absolute Gasteiger partial charge is 0.490 e. The molecule has 0 saturated heterocycles. The third-order valence-corrected chi connectivity index (χ3v) is 4.82. The van der Waals surface area contributed by atoms with E-state index in [1.54, 1.807) is 6.07 Å². The number of benzene rings is 2. The van der Waals surface area contributed by atoms with Gasteiger partial charge in [0, 0.05) is 30.1 Å². The molecule has 8 heteroatoms. The van der Waals surface area contributed by atoms with Gasteiger partial charge in [0.2, 0.25) is 11.6 Å². The number of hydrogen-bond acceptors (Lipinski definition) is 4. The van der Waals surface area contributed by atoms with E-state index in [2.05, 4.69) is 19.9 Å². The van der Waals surface area contributed by atoms with Crippen LogP contribution in [0.1, 0.15) is 30.2 Å². The summed E-state index contributed by atoms with van der Waals surface area (Å²) in [5.41, 5.74) is 15.6. The Balaban J connectivity index is 1.66. The van der Waals surface area contributed by atoms with E-state index < -0.39 is 0 Å². The molecule has 0 aliphatic carbocycles. The fourth-order valence-corrected chi connectivity index (χ4v) is 3.48. The quantitative estimate of drug-likeness (QED) is 0.166. The van der Waals surface area contributed by atoms with Crippen molar-refractivity contribution in [3.8, 4) is 5.75 Å². The van der Waals surface area contributed by atoms with Gasteiger partial charge in [0.05, 0.1) is 23.1 Å². The van der Waals surface area contributed by atoms with Gasteiger partial charge in [-0.05, 0) is 44.2 Å². The highest BCUT2D eigenvalue weighted by atomic mass is 16.5. The number of aliphatic imine (C=N–C) groups is 1. The first-order valence-corrected chi connectivity index (χ1v) is 9.97. The fourth-order valence-electron chi connectivity index (χ4n) is 3.48.